The first-order chi connectivity index (χ1) is 13.8. The minimum absolute atomic E-state index is 0.168. The second kappa shape index (κ2) is 10.7. The molecule has 29 heavy (non-hydrogen) atoms. The number of nitrogens with one attached hydrogen (secondary N) is 2. The first-order valence-electron chi connectivity index (χ1n) is 9.81. The molecule has 0 saturated heterocycles. The smallest absolute Gasteiger partial charge is 0.426 e. The average Bonchev–Trinajstić information content (AvgIpc) is 2.71. The predicted octanol–water partition coefficient (Wildman–Crippen LogP) is 1.80. The summed E-state index contributed by atoms with van der Waals surface area (Å²) in [6.45, 7) is 5.61. The summed E-state index contributed by atoms with van der Waals surface area (Å²) in [5.74, 6) is -1.55. The van der Waals surface area contributed by atoms with E-state index in [1.807, 2.05) is 50.2 Å². The van der Waals surface area contributed by atoms with Crippen LogP contribution in [0, 0.1) is 5.92 Å². The van der Waals surface area contributed by atoms with Gasteiger partial charge in [-0.05, 0) is 30.9 Å². The van der Waals surface area contributed by atoms with Gasteiger partial charge in [-0.25, -0.2) is 4.98 Å². The third kappa shape index (κ3) is 6.69. The van der Waals surface area contributed by atoms with Gasteiger partial charge in [0.1, 0.15) is 11.7 Å². The van der Waals surface area contributed by atoms with E-state index >= 15 is 0 Å². The summed E-state index contributed by atoms with van der Waals surface area (Å²) in [7, 11) is -1.67. The van der Waals surface area contributed by atoms with Crippen LogP contribution in [0.15, 0.2) is 48.5 Å². The monoisotopic (exact) mass is 397 g/mol. The van der Waals surface area contributed by atoms with E-state index in [1.165, 1.54) is 0 Å². The molecule has 0 fully saturated rings. The maximum atomic E-state index is 12.6. The van der Waals surface area contributed by atoms with Gasteiger partial charge in [0.05, 0.1) is 11.6 Å². The zero-order valence-corrected chi connectivity index (χ0v) is 17.0. The van der Waals surface area contributed by atoms with E-state index in [0.717, 1.165) is 5.56 Å². The Labute approximate surface area is 171 Å². The van der Waals surface area contributed by atoms with Crippen molar-refractivity contribution in [3.05, 3.63) is 54.2 Å². The molecule has 0 radical (unpaired) electrons. The van der Waals surface area contributed by atoms with Gasteiger partial charge in [-0.3, -0.25) is 9.59 Å². The molecule has 2 amide bonds. The standard InChI is InChI=1S/C21H28BN3O4/c1-4-16(20(26)25-19(22(28)29)13-14(2)3)24-21(27)18-12-8-11-17(23-18)15-9-6-5-7-10-15/h5-12,14,16,19,28-29H,4,13H2,1-3H3,(H,24,27)(H,25,26). The molecule has 8 heteroatoms. The SMILES string of the molecule is CCC(NC(=O)c1cccc(-c2ccccc2)n1)C(=O)NC(CC(C)C)B(O)O. The Bertz CT molecular complexity index is 815. The first kappa shape index (κ1) is 22.6. The zero-order chi connectivity index (χ0) is 21.4. The number of pyridine rings is 1. The van der Waals surface area contributed by atoms with Gasteiger partial charge in [-0.15, -0.1) is 0 Å². The van der Waals surface area contributed by atoms with Crippen LogP contribution in [0.4, 0.5) is 0 Å². The van der Waals surface area contributed by atoms with Crippen molar-refractivity contribution in [1.29, 1.82) is 0 Å². The molecule has 0 aliphatic carbocycles. The lowest BCUT2D eigenvalue weighted by molar-refractivity contribution is -0.123. The van der Waals surface area contributed by atoms with Gasteiger partial charge >= 0.3 is 7.12 Å². The molecule has 0 saturated carbocycles. The van der Waals surface area contributed by atoms with Gasteiger partial charge < -0.3 is 20.7 Å². The normalized spacial score (nSPS) is 12.9. The summed E-state index contributed by atoms with van der Waals surface area (Å²) < 4.78 is 0. The molecule has 2 atom stereocenters. The second-order valence-corrected chi connectivity index (χ2v) is 7.37. The summed E-state index contributed by atoms with van der Waals surface area (Å²) in [6, 6.07) is 13.8. The van der Waals surface area contributed by atoms with Crippen molar-refractivity contribution in [2.45, 2.75) is 45.6 Å². The van der Waals surface area contributed by atoms with Crippen molar-refractivity contribution in [2.75, 3.05) is 0 Å². The number of benzene rings is 1. The topological polar surface area (TPSA) is 112 Å². The predicted molar refractivity (Wildman–Crippen MR) is 113 cm³/mol. The maximum absolute atomic E-state index is 12.6. The fraction of sp³-hybridized carbons (Fsp3) is 0.381. The van der Waals surface area contributed by atoms with E-state index in [1.54, 1.807) is 19.1 Å². The molecule has 0 aliphatic heterocycles. The molecule has 2 unspecified atom stereocenters. The van der Waals surface area contributed by atoms with Crippen molar-refractivity contribution >= 4 is 18.9 Å². The van der Waals surface area contributed by atoms with Gasteiger partial charge in [-0.1, -0.05) is 57.2 Å². The van der Waals surface area contributed by atoms with Gasteiger partial charge in [0, 0.05) is 5.56 Å². The number of aromatic nitrogens is 1. The molecule has 7 nitrogen and oxygen atoms in total. The number of nitrogens with zero attached hydrogens (tertiary/aromatic N) is 1. The summed E-state index contributed by atoms with van der Waals surface area (Å²) in [4.78, 5) is 29.6. The Balaban J connectivity index is 2.08. The van der Waals surface area contributed by atoms with Crippen molar-refractivity contribution in [3.8, 4) is 11.3 Å². The quantitative estimate of drug-likeness (QED) is 0.482. The van der Waals surface area contributed by atoms with E-state index < -0.39 is 30.9 Å². The average molecular weight is 397 g/mol. The Kier molecular flexibility index (Phi) is 8.36. The highest BCUT2D eigenvalue weighted by Gasteiger charge is 2.29. The van der Waals surface area contributed by atoms with Gasteiger partial charge in [0.15, 0.2) is 0 Å². The number of hydrogen-bond acceptors (Lipinski definition) is 5. The maximum Gasteiger partial charge on any atom is 0.475 e. The highest BCUT2D eigenvalue weighted by atomic mass is 16.4. The molecule has 0 spiro atoms. The number of carbonyl (C=O) groups is 2. The van der Waals surface area contributed by atoms with Crippen molar-refractivity contribution in [1.82, 2.24) is 15.6 Å². The van der Waals surface area contributed by atoms with E-state index in [2.05, 4.69) is 15.6 Å². The van der Waals surface area contributed by atoms with Crippen molar-refractivity contribution in [2.24, 2.45) is 5.92 Å². The molecule has 1 heterocycles. The fourth-order valence-electron chi connectivity index (χ4n) is 2.96. The lowest BCUT2D eigenvalue weighted by Gasteiger charge is -2.23. The molecule has 1 aromatic heterocycles. The Morgan fingerprint density at radius 3 is 2.31 bits per heavy atom. The summed E-state index contributed by atoms with van der Waals surface area (Å²) in [5, 5.41) is 24.3. The fourth-order valence-corrected chi connectivity index (χ4v) is 2.96. The van der Waals surface area contributed by atoms with Crippen LogP contribution in [0.25, 0.3) is 11.3 Å². The molecule has 0 bridgehead atoms. The molecular weight excluding hydrogens is 369 g/mol. The van der Waals surface area contributed by atoms with E-state index in [0.29, 0.717) is 18.5 Å². The van der Waals surface area contributed by atoms with Crippen LogP contribution in [-0.4, -0.2) is 45.9 Å². The summed E-state index contributed by atoms with van der Waals surface area (Å²) >= 11 is 0. The second-order valence-electron chi connectivity index (χ2n) is 7.37. The molecule has 2 rings (SSSR count). The van der Waals surface area contributed by atoms with E-state index in [-0.39, 0.29) is 11.6 Å². The van der Waals surface area contributed by atoms with Crippen LogP contribution in [0.1, 0.15) is 44.1 Å². The third-order valence-corrected chi connectivity index (χ3v) is 4.49. The first-order valence-corrected chi connectivity index (χ1v) is 9.81. The molecular formula is C21H28BN3O4. The zero-order valence-electron chi connectivity index (χ0n) is 17.0. The molecule has 4 N–H and O–H groups in total. The largest absolute Gasteiger partial charge is 0.475 e. The highest BCUT2D eigenvalue weighted by molar-refractivity contribution is 6.43. The molecule has 1 aromatic carbocycles. The van der Waals surface area contributed by atoms with Crippen molar-refractivity contribution in [3.63, 3.8) is 0 Å². The minimum Gasteiger partial charge on any atom is -0.426 e. The van der Waals surface area contributed by atoms with Gasteiger partial charge in [-0.2, -0.15) is 0 Å². The summed E-state index contributed by atoms with van der Waals surface area (Å²) in [6.07, 6.45) is 0.764. The number of carbonyl (C=O) groups excluding carboxylic acids is 2. The van der Waals surface area contributed by atoms with E-state index in [9.17, 15) is 19.6 Å². The Morgan fingerprint density at radius 1 is 1.03 bits per heavy atom. The minimum atomic E-state index is -1.67. The molecule has 154 valence electrons. The Morgan fingerprint density at radius 2 is 1.72 bits per heavy atom. The van der Waals surface area contributed by atoms with Crippen LogP contribution in [-0.2, 0) is 4.79 Å². The highest BCUT2D eigenvalue weighted by Crippen LogP contribution is 2.16. The van der Waals surface area contributed by atoms with Gasteiger partial charge in [0.25, 0.3) is 5.91 Å². The summed E-state index contributed by atoms with van der Waals surface area (Å²) in [5.41, 5.74) is 1.76. The van der Waals surface area contributed by atoms with Crippen molar-refractivity contribution < 1.29 is 19.6 Å². The van der Waals surface area contributed by atoms with Gasteiger partial charge in [0.2, 0.25) is 5.91 Å². The van der Waals surface area contributed by atoms with Crippen LogP contribution < -0.4 is 10.6 Å². The van der Waals surface area contributed by atoms with Crippen LogP contribution in [0.2, 0.25) is 0 Å². The van der Waals surface area contributed by atoms with Crippen LogP contribution in [0.5, 0.6) is 0 Å². The number of hydrogen-bond donors (Lipinski definition) is 4. The lowest BCUT2D eigenvalue weighted by Crippen LogP contribution is -2.54. The lowest BCUT2D eigenvalue weighted by atomic mass is 9.75. The molecule has 0 aliphatic rings. The van der Waals surface area contributed by atoms with E-state index in [4.69, 9.17) is 0 Å². The number of rotatable bonds is 9. The Hall–Kier alpha value is -2.71. The molecule has 2 aromatic rings. The van der Waals surface area contributed by atoms with Crippen LogP contribution >= 0.6 is 0 Å². The number of amides is 2. The van der Waals surface area contributed by atoms with Crippen LogP contribution in [0.3, 0.4) is 0 Å². The third-order valence-electron chi connectivity index (χ3n) is 4.49.